The molecule has 8 heteroatoms. The van der Waals surface area contributed by atoms with Crippen molar-refractivity contribution in [3.05, 3.63) is 35.7 Å². The lowest BCUT2D eigenvalue weighted by molar-refractivity contribution is 0.457. The Morgan fingerprint density at radius 3 is 2.90 bits per heavy atom. The number of nitrogens with one attached hydrogen (secondary N) is 2. The molecular formula is C13H16N8. The summed E-state index contributed by atoms with van der Waals surface area (Å²) in [5.74, 6) is 1.79. The topological polar surface area (TPSA) is 89.2 Å². The van der Waals surface area contributed by atoms with Crippen molar-refractivity contribution in [2.75, 3.05) is 6.54 Å². The summed E-state index contributed by atoms with van der Waals surface area (Å²) in [4.78, 5) is 0. The van der Waals surface area contributed by atoms with Crippen molar-refractivity contribution in [2.24, 2.45) is 7.05 Å². The Labute approximate surface area is 121 Å². The summed E-state index contributed by atoms with van der Waals surface area (Å²) in [5.41, 5.74) is 3.10. The maximum Gasteiger partial charge on any atom is 0.167 e. The second-order valence-corrected chi connectivity index (χ2v) is 5.28. The van der Waals surface area contributed by atoms with Crippen LogP contribution < -0.4 is 5.32 Å². The molecule has 0 spiro atoms. The molecule has 21 heavy (non-hydrogen) atoms. The third-order valence-electron chi connectivity index (χ3n) is 3.85. The van der Waals surface area contributed by atoms with Gasteiger partial charge in [-0.1, -0.05) is 0 Å². The van der Waals surface area contributed by atoms with E-state index in [0.717, 1.165) is 41.6 Å². The fourth-order valence-electron chi connectivity index (χ4n) is 2.79. The van der Waals surface area contributed by atoms with E-state index in [1.54, 1.807) is 10.9 Å². The van der Waals surface area contributed by atoms with Crippen molar-refractivity contribution >= 4 is 0 Å². The normalized spacial score (nSPS) is 17.9. The SMILES string of the molecule is Cc1[nH]ncc1-c1nnc2n1CCNC2c1cnn(C)c1. The summed E-state index contributed by atoms with van der Waals surface area (Å²) in [6.45, 7) is 3.71. The number of rotatable bonds is 2. The number of hydrogen-bond acceptors (Lipinski definition) is 5. The van der Waals surface area contributed by atoms with Crippen LogP contribution in [0.2, 0.25) is 0 Å². The first-order chi connectivity index (χ1) is 10.2. The second kappa shape index (κ2) is 4.52. The molecule has 0 aromatic carbocycles. The first-order valence-electron chi connectivity index (χ1n) is 6.89. The van der Waals surface area contributed by atoms with Crippen LogP contribution in [0.4, 0.5) is 0 Å². The molecule has 0 radical (unpaired) electrons. The predicted octanol–water partition coefficient (Wildman–Crippen LogP) is 0.403. The third kappa shape index (κ3) is 1.87. The predicted molar refractivity (Wildman–Crippen MR) is 75.4 cm³/mol. The lowest BCUT2D eigenvalue weighted by Gasteiger charge is -2.24. The molecule has 1 unspecified atom stereocenters. The van der Waals surface area contributed by atoms with Crippen molar-refractivity contribution in [2.45, 2.75) is 19.5 Å². The fourth-order valence-corrected chi connectivity index (χ4v) is 2.79. The highest BCUT2D eigenvalue weighted by atomic mass is 15.3. The van der Waals surface area contributed by atoms with E-state index < -0.39 is 0 Å². The van der Waals surface area contributed by atoms with Gasteiger partial charge in [0, 0.05) is 37.6 Å². The number of aryl methyl sites for hydroxylation is 2. The summed E-state index contributed by atoms with van der Waals surface area (Å²) in [6, 6.07) is 0.0286. The van der Waals surface area contributed by atoms with E-state index in [4.69, 9.17) is 0 Å². The number of fused-ring (bicyclic) bond motifs is 1. The van der Waals surface area contributed by atoms with Gasteiger partial charge >= 0.3 is 0 Å². The standard InChI is InChI=1S/C13H16N8/c1-8-10(6-15-17-8)12-18-19-13-11(14-3-4-21(12)13)9-5-16-20(2)7-9/h5-7,11,14H,3-4H2,1-2H3,(H,15,17). The van der Waals surface area contributed by atoms with Gasteiger partial charge in [0.05, 0.1) is 24.0 Å². The highest BCUT2D eigenvalue weighted by Gasteiger charge is 2.28. The minimum absolute atomic E-state index is 0.0286. The Kier molecular flexibility index (Phi) is 2.64. The summed E-state index contributed by atoms with van der Waals surface area (Å²) in [6.07, 6.45) is 5.67. The van der Waals surface area contributed by atoms with Crippen LogP contribution in [0.15, 0.2) is 18.6 Å². The molecule has 3 aromatic heterocycles. The summed E-state index contributed by atoms with van der Waals surface area (Å²) >= 11 is 0. The molecule has 0 fully saturated rings. The number of aromatic amines is 1. The quantitative estimate of drug-likeness (QED) is 0.711. The molecule has 0 saturated heterocycles. The Bertz CT molecular complexity index is 780. The first-order valence-corrected chi connectivity index (χ1v) is 6.89. The Hall–Kier alpha value is -2.48. The van der Waals surface area contributed by atoms with E-state index in [9.17, 15) is 0 Å². The summed E-state index contributed by atoms with van der Waals surface area (Å²) in [7, 11) is 1.91. The molecule has 0 amide bonds. The number of hydrogen-bond donors (Lipinski definition) is 2. The Balaban J connectivity index is 1.80. The van der Waals surface area contributed by atoms with Crippen molar-refractivity contribution in [1.82, 2.24) is 40.1 Å². The molecule has 0 aliphatic carbocycles. The van der Waals surface area contributed by atoms with Crippen molar-refractivity contribution in [1.29, 1.82) is 0 Å². The van der Waals surface area contributed by atoms with Gasteiger partial charge in [0.25, 0.3) is 0 Å². The fraction of sp³-hybridized carbons (Fsp3) is 0.385. The average molecular weight is 284 g/mol. The minimum atomic E-state index is 0.0286. The van der Waals surface area contributed by atoms with Crippen LogP contribution in [0.5, 0.6) is 0 Å². The molecule has 108 valence electrons. The van der Waals surface area contributed by atoms with Crippen LogP contribution in [0, 0.1) is 6.92 Å². The average Bonchev–Trinajstić information content (AvgIpc) is 3.17. The molecule has 1 atom stereocenters. The molecule has 1 aliphatic heterocycles. The van der Waals surface area contributed by atoms with Gasteiger partial charge in [-0.05, 0) is 6.92 Å². The van der Waals surface area contributed by atoms with Crippen LogP contribution in [-0.4, -0.2) is 41.3 Å². The Morgan fingerprint density at radius 2 is 2.19 bits per heavy atom. The largest absolute Gasteiger partial charge is 0.308 e. The van der Waals surface area contributed by atoms with Crippen molar-refractivity contribution in [3.63, 3.8) is 0 Å². The lowest BCUT2D eigenvalue weighted by atomic mass is 10.1. The van der Waals surface area contributed by atoms with E-state index in [1.165, 1.54) is 0 Å². The van der Waals surface area contributed by atoms with Crippen LogP contribution >= 0.6 is 0 Å². The molecule has 4 heterocycles. The van der Waals surface area contributed by atoms with E-state index in [0.29, 0.717) is 0 Å². The van der Waals surface area contributed by atoms with Gasteiger partial charge in [-0.3, -0.25) is 9.78 Å². The highest BCUT2D eigenvalue weighted by Crippen LogP contribution is 2.28. The van der Waals surface area contributed by atoms with Gasteiger partial charge in [-0.15, -0.1) is 10.2 Å². The first kappa shape index (κ1) is 12.3. The summed E-state index contributed by atoms with van der Waals surface area (Å²) in [5, 5.41) is 23.5. The van der Waals surface area contributed by atoms with E-state index >= 15 is 0 Å². The van der Waals surface area contributed by atoms with Gasteiger partial charge in [0.1, 0.15) is 0 Å². The number of nitrogens with zero attached hydrogens (tertiary/aromatic N) is 6. The van der Waals surface area contributed by atoms with Crippen LogP contribution in [0.1, 0.15) is 23.1 Å². The highest BCUT2D eigenvalue weighted by molar-refractivity contribution is 5.57. The van der Waals surface area contributed by atoms with Crippen molar-refractivity contribution < 1.29 is 0 Å². The van der Waals surface area contributed by atoms with Gasteiger partial charge in [-0.25, -0.2) is 0 Å². The Morgan fingerprint density at radius 1 is 1.29 bits per heavy atom. The second-order valence-electron chi connectivity index (χ2n) is 5.28. The minimum Gasteiger partial charge on any atom is -0.308 e. The summed E-state index contributed by atoms with van der Waals surface area (Å²) < 4.78 is 3.96. The molecule has 1 aliphatic rings. The molecule has 0 saturated carbocycles. The van der Waals surface area contributed by atoms with E-state index in [2.05, 4.69) is 35.4 Å². The molecule has 4 rings (SSSR count). The zero-order valence-electron chi connectivity index (χ0n) is 11.9. The smallest absolute Gasteiger partial charge is 0.167 e. The zero-order valence-corrected chi connectivity index (χ0v) is 11.9. The molecule has 8 nitrogen and oxygen atoms in total. The maximum atomic E-state index is 4.39. The van der Waals surface area contributed by atoms with E-state index in [1.807, 2.05) is 26.4 Å². The van der Waals surface area contributed by atoms with Crippen LogP contribution in [0.3, 0.4) is 0 Å². The van der Waals surface area contributed by atoms with Gasteiger partial charge in [0.15, 0.2) is 11.6 Å². The van der Waals surface area contributed by atoms with Crippen molar-refractivity contribution in [3.8, 4) is 11.4 Å². The van der Waals surface area contributed by atoms with Gasteiger partial charge < -0.3 is 9.88 Å². The molecular weight excluding hydrogens is 268 g/mol. The van der Waals surface area contributed by atoms with Gasteiger partial charge in [0.2, 0.25) is 0 Å². The number of H-pyrrole nitrogens is 1. The van der Waals surface area contributed by atoms with E-state index in [-0.39, 0.29) is 6.04 Å². The monoisotopic (exact) mass is 284 g/mol. The number of aromatic nitrogens is 7. The zero-order chi connectivity index (χ0) is 14.4. The molecule has 0 bridgehead atoms. The third-order valence-corrected chi connectivity index (χ3v) is 3.85. The van der Waals surface area contributed by atoms with Gasteiger partial charge in [-0.2, -0.15) is 10.2 Å². The lowest BCUT2D eigenvalue weighted by Crippen LogP contribution is -2.34. The molecule has 3 aromatic rings. The molecule has 2 N–H and O–H groups in total. The van der Waals surface area contributed by atoms with Crippen LogP contribution in [0.25, 0.3) is 11.4 Å². The van der Waals surface area contributed by atoms with Crippen LogP contribution in [-0.2, 0) is 13.6 Å². The maximum absolute atomic E-state index is 4.39.